The maximum Gasteiger partial charge on any atom is 0.226 e. The van der Waals surface area contributed by atoms with Crippen LogP contribution in [-0.4, -0.2) is 46.7 Å². The van der Waals surface area contributed by atoms with Crippen molar-refractivity contribution in [3.8, 4) is 11.5 Å². The Morgan fingerprint density at radius 1 is 1.06 bits per heavy atom. The van der Waals surface area contributed by atoms with E-state index in [-0.39, 0.29) is 23.0 Å². The van der Waals surface area contributed by atoms with E-state index < -0.39 is 15.7 Å². The Kier molecular flexibility index (Phi) is 6.84. The molecule has 1 heterocycles. The van der Waals surface area contributed by atoms with E-state index >= 15 is 0 Å². The van der Waals surface area contributed by atoms with Crippen molar-refractivity contribution in [2.45, 2.75) is 31.1 Å². The van der Waals surface area contributed by atoms with Gasteiger partial charge in [-0.2, -0.15) is 0 Å². The molecule has 1 aliphatic rings. The van der Waals surface area contributed by atoms with Gasteiger partial charge >= 0.3 is 0 Å². The summed E-state index contributed by atoms with van der Waals surface area (Å²) >= 11 is 0. The number of sulfone groups is 1. The third-order valence-corrected chi connectivity index (χ3v) is 6.86. The Hall–Kier alpha value is -3.07. The number of methoxy groups -OCH3 is 2. The molecule has 8 nitrogen and oxygen atoms in total. The summed E-state index contributed by atoms with van der Waals surface area (Å²) in [5.74, 6) is 0.281. The molecular formula is C22H26N2O6S. The van der Waals surface area contributed by atoms with Gasteiger partial charge in [0.05, 0.1) is 24.9 Å². The van der Waals surface area contributed by atoms with Gasteiger partial charge in [-0.05, 0) is 30.2 Å². The highest BCUT2D eigenvalue weighted by Crippen LogP contribution is 2.31. The van der Waals surface area contributed by atoms with E-state index in [1.165, 1.54) is 20.3 Å². The van der Waals surface area contributed by atoms with E-state index in [2.05, 4.69) is 5.32 Å². The van der Waals surface area contributed by atoms with Crippen molar-refractivity contribution >= 4 is 33.0 Å². The summed E-state index contributed by atoms with van der Waals surface area (Å²) in [6, 6.07) is 9.70. The fourth-order valence-electron chi connectivity index (χ4n) is 3.47. The number of nitrogens with zero attached hydrogens (tertiary/aromatic N) is 1. The predicted octanol–water partition coefficient (Wildman–Crippen LogP) is 2.81. The third-order valence-electron chi connectivity index (χ3n) is 5.14. The quantitative estimate of drug-likeness (QED) is 0.669. The molecule has 0 saturated heterocycles. The Bertz CT molecular complexity index is 1070. The summed E-state index contributed by atoms with van der Waals surface area (Å²) in [5.41, 5.74) is 2.04. The van der Waals surface area contributed by atoms with Gasteiger partial charge < -0.3 is 19.7 Å². The molecule has 0 bridgehead atoms. The van der Waals surface area contributed by atoms with Crippen molar-refractivity contribution in [2.75, 3.05) is 36.7 Å². The lowest BCUT2D eigenvalue weighted by Gasteiger charge is -2.16. The van der Waals surface area contributed by atoms with Crippen LogP contribution in [0.25, 0.3) is 0 Å². The number of carbonyl (C=O) groups excluding carboxylic acids is 2. The molecule has 2 aromatic rings. The molecule has 0 radical (unpaired) electrons. The number of benzene rings is 2. The number of amides is 2. The molecule has 0 saturated carbocycles. The molecule has 2 aromatic carbocycles. The minimum Gasteiger partial charge on any atom is -0.497 e. The molecule has 1 aliphatic heterocycles. The molecule has 31 heavy (non-hydrogen) atoms. The van der Waals surface area contributed by atoms with Gasteiger partial charge in [0.1, 0.15) is 11.5 Å². The normalized spacial score (nSPS) is 12.9. The van der Waals surface area contributed by atoms with Crippen LogP contribution in [0.1, 0.15) is 25.3 Å². The largest absolute Gasteiger partial charge is 0.497 e. The molecule has 0 aromatic heterocycles. The zero-order valence-corrected chi connectivity index (χ0v) is 18.6. The minimum absolute atomic E-state index is 0.0141. The zero-order chi connectivity index (χ0) is 22.6. The van der Waals surface area contributed by atoms with Crippen molar-refractivity contribution < 1.29 is 27.5 Å². The maximum atomic E-state index is 12.8. The van der Waals surface area contributed by atoms with Crippen LogP contribution in [0.2, 0.25) is 0 Å². The predicted molar refractivity (Wildman–Crippen MR) is 118 cm³/mol. The standard InChI is InChI=1S/C22H26N2O6S/c1-4-22(26)24-9-7-15-11-19(5-6-20(15)24)31(27,28)10-8-21(25)23-16-12-17(29-2)14-18(13-16)30-3/h5-6,11-14H,4,7-10H2,1-3H3,(H,23,25). The molecule has 0 atom stereocenters. The SMILES string of the molecule is CCC(=O)N1CCc2cc(S(=O)(=O)CCC(=O)Nc3cc(OC)cc(OC)c3)ccc21. The number of hydrogen-bond donors (Lipinski definition) is 1. The number of nitrogens with one attached hydrogen (secondary N) is 1. The van der Waals surface area contributed by atoms with Crippen LogP contribution in [0.5, 0.6) is 11.5 Å². The molecule has 0 fully saturated rings. The van der Waals surface area contributed by atoms with Crippen LogP contribution in [0, 0.1) is 0 Å². The molecule has 166 valence electrons. The van der Waals surface area contributed by atoms with Crippen LogP contribution < -0.4 is 19.7 Å². The number of ether oxygens (including phenoxy) is 2. The first-order valence-electron chi connectivity index (χ1n) is 9.96. The van der Waals surface area contributed by atoms with E-state index in [0.717, 1.165) is 11.3 Å². The summed E-state index contributed by atoms with van der Waals surface area (Å²) in [6.45, 7) is 2.35. The summed E-state index contributed by atoms with van der Waals surface area (Å²) in [6.07, 6.45) is 0.815. The van der Waals surface area contributed by atoms with Crippen LogP contribution in [0.4, 0.5) is 11.4 Å². The van der Waals surface area contributed by atoms with E-state index in [1.54, 1.807) is 42.2 Å². The van der Waals surface area contributed by atoms with Crippen molar-refractivity contribution in [3.05, 3.63) is 42.0 Å². The van der Waals surface area contributed by atoms with E-state index in [9.17, 15) is 18.0 Å². The monoisotopic (exact) mass is 446 g/mol. The number of fused-ring (bicyclic) bond motifs is 1. The number of hydrogen-bond acceptors (Lipinski definition) is 6. The van der Waals surface area contributed by atoms with Crippen molar-refractivity contribution in [3.63, 3.8) is 0 Å². The van der Waals surface area contributed by atoms with Gasteiger partial charge in [-0.3, -0.25) is 9.59 Å². The van der Waals surface area contributed by atoms with Gasteiger partial charge in [-0.1, -0.05) is 6.92 Å². The van der Waals surface area contributed by atoms with Gasteiger partial charge in [-0.15, -0.1) is 0 Å². The molecule has 2 amide bonds. The van der Waals surface area contributed by atoms with Gasteiger partial charge in [0.2, 0.25) is 11.8 Å². The lowest BCUT2D eigenvalue weighted by atomic mass is 10.2. The first-order valence-corrected chi connectivity index (χ1v) is 11.6. The first kappa shape index (κ1) is 22.6. The number of carbonyl (C=O) groups is 2. The Labute approximate surface area is 182 Å². The molecule has 0 spiro atoms. The second-order valence-corrected chi connectivity index (χ2v) is 9.27. The van der Waals surface area contributed by atoms with Crippen LogP contribution in [0.3, 0.4) is 0 Å². The second-order valence-electron chi connectivity index (χ2n) is 7.16. The number of rotatable bonds is 8. The Balaban J connectivity index is 1.67. The Morgan fingerprint density at radius 3 is 2.35 bits per heavy atom. The number of anilines is 2. The summed E-state index contributed by atoms with van der Waals surface area (Å²) < 4.78 is 35.9. The molecule has 0 unspecified atom stereocenters. The molecular weight excluding hydrogens is 420 g/mol. The first-order chi connectivity index (χ1) is 14.8. The fraction of sp³-hybridized carbons (Fsp3) is 0.364. The van der Waals surface area contributed by atoms with Crippen molar-refractivity contribution in [1.82, 2.24) is 0 Å². The van der Waals surface area contributed by atoms with Crippen LogP contribution >= 0.6 is 0 Å². The van der Waals surface area contributed by atoms with Crippen molar-refractivity contribution in [1.29, 1.82) is 0 Å². The Morgan fingerprint density at radius 2 is 1.74 bits per heavy atom. The van der Waals surface area contributed by atoms with Gasteiger partial charge in [-0.25, -0.2) is 8.42 Å². The topological polar surface area (TPSA) is 102 Å². The lowest BCUT2D eigenvalue weighted by Crippen LogP contribution is -2.27. The minimum atomic E-state index is -3.65. The van der Waals surface area contributed by atoms with Crippen LogP contribution in [-0.2, 0) is 25.8 Å². The zero-order valence-electron chi connectivity index (χ0n) is 17.8. The van der Waals surface area contributed by atoms with Gasteiger partial charge in [0.15, 0.2) is 9.84 Å². The molecule has 1 N–H and O–H groups in total. The van der Waals surface area contributed by atoms with Gasteiger partial charge in [0.25, 0.3) is 0 Å². The summed E-state index contributed by atoms with van der Waals surface area (Å²) in [5, 5.41) is 2.67. The van der Waals surface area contributed by atoms with Crippen LogP contribution in [0.15, 0.2) is 41.3 Å². The highest BCUT2D eigenvalue weighted by Gasteiger charge is 2.26. The average molecular weight is 447 g/mol. The fourth-order valence-corrected chi connectivity index (χ4v) is 4.76. The van der Waals surface area contributed by atoms with E-state index in [0.29, 0.717) is 36.6 Å². The van der Waals surface area contributed by atoms with E-state index in [4.69, 9.17) is 9.47 Å². The third kappa shape index (κ3) is 5.16. The average Bonchev–Trinajstić information content (AvgIpc) is 3.20. The smallest absolute Gasteiger partial charge is 0.226 e. The van der Waals surface area contributed by atoms with E-state index in [1.807, 2.05) is 0 Å². The molecule has 9 heteroatoms. The summed E-state index contributed by atoms with van der Waals surface area (Å²) in [7, 11) is -0.650. The molecule has 0 aliphatic carbocycles. The lowest BCUT2D eigenvalue weighted by molar-refractivity contribution is -0.118. The highest BCUT2D eigenvalue weighted by atomic mass is 32.2. The molecule has 3 rings (SSSR count). The van der Waals surface area contributed by atoms with Gasteiger partial charge in [0, 0.05) is 49.0 Å². The second kappa shape index (κ2) is 9.38. The van der Waals surface area contributed by atoms with Crippen molar-refractivity contribution in [2.24, 2.45) is 0 Å². The highest BCUT2D eigenvalue weighted by molar-refractivity contribution is 7.91. The summed E-state index contributed by atoms with van der Waals surface area (Å²) in [4.78, 5) is 26.2. The maximum absolute atomic E-state index is 12.8.